The van der Waals surface area contributed by atoms with Gasteiger partial charge in [0.15, 0.2) is 0 Å². The van der Waals surface area contributed by atoms with E-state index in [0.29, 0.717) is 6.42 Å². The van der Waals surface area contributed by atoms with Gasteiger partial charge in [-0.2, -0.15) is 4.31 Å². The molecule has 17 heavy (non-hydrogen) atoms. The fourth-order valence-electron chi connectivity index (χ4n) is 3.12. The molecule has 2 fully saturated rings. The topological polar surface area (TPSA) is 66.5 Å². The fourth-order valence-corrected chi connectivity index (χ4v) is 4.59. The third-order valence-electron chi connectivity index (χ3n) is 3.74. The molecule has 2 unspecified atom stereocenters. The molecule has 2 aliphatic rings. The van der Waals surface area contributed by atoms with Crippen molar-refractivity contribution in [2.45, 2.75) is 57.2 Å². The van der Waals surface area contributed by atoms with Crippen LogP contribution < -0.4 is 5.32 Å². The largest absolute Gasteiger partial charge is 0.353 e. The average Bonchev–Trinajstić information content (AvgIpc) is 2.51. The molecule has 1 amide bonds. The Morgan fingerprint density at radius 2 is 1.82 bits per heavy atom. The van der Waals surface area contributed by atoms with Crippen LogP contribution in [0.2, 0.25) is 0 Å². The van der Waals surface area contributed by atoms with E-state index < -0.39 is 10.0 Å². The molecule has 2 heterocycles. The molecule has 0 saturated carbocycles. The van der Waals surface area contributed by atoms with Crippen molar-refractivity contribution in [1.29, 1.82) is 0 Å². The molecular weight excluding hydrogens is 240 g/mol. The van der Waals surface area contributed by atoms with Gasteiger partial charge in [0.1, 0.15) is 0 Å². The zero-order chi connectivity index (χ0) is 12.6. The van der Waals surface area contributed by atoms with Crippen molar-refractivity contribution in [3.05, 3.63) is 0 Å². The molecule has 0 radical (unpaired) electrons. The Bertz CT molecular complexity index is 393. The highest BCUT2D eigenvalue weighted by Crippen LogP contribution is 2.37. The number of carbonyl (C=O) groups excluding carboxylic acids is 1. The van der Waals surface area contributed by atoms with Crippen LogP contribution in [0, 0.1) is 0 Å². The van der Waals surface area contributed by atoms with E-state index in [-0.39, 0.29) is 24.0 Å². The standard InChI is InChI=1S/C11H20N2O3S/c1-3-11(14)12-8-6-9-4-5-10(7-8)13(9)17(2,15)16/h8-10H,3-7H2,1-2H3,(H,12,14). The summed E-state index contributed by atoms with van der Waals surface area (Å²) in [6.45, 7) is 1.83. The number of amides is 1. The van der Waals surface area contributed by atoms with Crippen molar-refractivity contribution in [3.63, 3.8) is 0 Å². The Morgan fingerprint density at radius 1 is 1.29 bits per heavy atom. The maximum Gasteiger partial charge on any atom is 0.219 e. The van der Waals surface area contributed by atoms with Crippen LogP contribution >= 0.6 is 0 Å². The summed E-state index contributed by atoms with van der Waals surface area (Å²) in [5.74, 6) is 0.0576. The second kappa shape index (κ2) is 4.57. The van der Waals surface area contributed by atoms with E-state index in [0.717, 1.165) is 25.7 Å². The van der Waals surface area contributed by atoms with Gasteiger partial charge >= 0.3 is 0 Å². The van der Waals surface area contributed by atoms with Crippen molar-refractivity contribution in [2.24, 2.45) is 0 Å². The van der Waals surface area contributed by atoms with Crippen LogP contribution in [0.15, 0.2) is 0 Å². The van der Waals surface area contributed by atoms with E-state index in [1.807, 2.05) is 6.92 Å². The normalized spacial score (nSPS) is 33.6. The predicted octanol–water partition coefficient (Wildman–Crippen LogP) is 0.468. The van der Waals surface area contributed by atoms with Gasteiger partial charge in [-0.3, -0.25) is 4.79 Å². The first-order valence-electron chi connectivity index (χ1n) is 6.19. The second-order valence-electron chi connectivity index (χ2n) is 5.07. The molecule has 0 aromatic heterocycles. The van der Waals surface area contributed by atoms with Gasteiger partial charge < -0.3 is 5.32 Å². The molecule has 2 rings (SSSR count). The lowest BCUT2D eigenvalue weighted by molar-refractivity contribution is -0.121. The van der Waals surface area contributed by atoms with E-state index in [4.69, 9.17) is 0 Å². The predicted molar refractivity (Wildman–Crippen MR) is 64.9 cm³/mol. The zero-order valence-corrected chi connectivity index (χ0v) is 11.2. The molecule has 98 valence electrons. The summed E-state index contributed by atoms with van der Waals surface area (Å²) in [6.07, 6.45) is 5.14. The van der Waals surface area contributed by atoms with Crippen LogP contribution in [0.5, 0.6) is 0 Å². The second-order valence-corrected chi connectivity index (χ2v) is 6.95. The molecule has 0 spiro atoms. The maximum absolute atomic E-state index is 11.7. The minimum absolute atomic E-state index is 0.0576. The first kappa shape index (κ1) is 12.8. The lowest BCUT2D eigenvalue weighted by Crippen LogP contribution is -2.51. The molecule has 0 aromatic carbocycles. The van der Waals surface area contributed by atoms with Gasteiger partial charge in [0, 0.05) is 24.5 Å². The minimum Gasteiger partial charge on any atom is -0.353 e. The van der Waals surface area contributed by atoms with Crippen molar-refractivity contribution in [2.75, 3.05) is 6.26 Å². The van der Waals surface area contributed by atoms with Crippen LogP contribution in [-0.2, 0) is 14.8 Å². The number of rotatable bonds is 3. The van der Waals surface area contributed by atoms with Gasteiger partial charge in [0.05, 0.1) is 6.26 Å². The van der Waals surface area contributed by atoms with Crippen LogP contribution in [0.4, 0.5) is 0 Å². The number of hydrogen-bond donors (Lipinski definition) is 1. The first-order chi connectivity index (χ1) is 7.91. The summed E-state index contributed by atoms with van der Waals surface area (Å²) in [7, 11) is -3.10. The molecule has 2 bridgehead atoms. The number of piperidine rings is 1. The highest BCUT2D eigenvalue weighted by atomic mass is 32.2. The first-order valence-corrected chi connectivity index (χ1v) is 8.04. The van der Waals surface area contributed by atoms with Gasteiger partial charge in [-0.25, -0.2) is 8.42 Å². The average molecular weight is 260 g/mol. The van der Waals surface area contributed by atoms with Crippen molar-refractivity contribution in [1.82, 2.24) is 9.62 Å². The van der Waals surface area contributed by atoms with E-state index in [1.165, 1.54) is 6.26 Å². The molecule has 2 atom stereocenters. The zero-order valence-electron chi connectivity index (χ0n) is 10.3. The lowest BCUT2D eigenvalue weighted by atomic mass is 9.99. The number of nitrogens with one attached hydrogen (secondary N) is 1. The summed E-state index contributed by atoms with van der Waals surface area (Å²) in [5, 5.41) is 2.98. The summed E-state index contributed by atoms with van der Waals surface area (Å²) >= 11 is 0. The SMILES string of the molecule is CCC(=O)NC1CC2CCC(C1)N2S(C)(=O)=O. The van der Waals surface area contributed by atoms with E-state index in [2.05, 4.69) is 5.32 Å². The molecule has 5 nitrogen and oxygen atoms in total. The molecule has 6 heteroatoms. The number of sulfonamides is 1. The Labute approximate surface area is 103 Å². The van der Waals surface area contributed by atoms with Gasteiger partial charge in [-0.15, -0.1) is 0 Å². The monoisotopic (exact) mass is 260 g/mol. The summed E-state index contributed by atoms with van der Waals surface area (Å²) < 4.78 is 25.0. The third kappa shape index (κ3) is 2.63. The summed E-state index contributed by atoms with van der Waals surface area (Å²) in [4.78, 5) is 11.3. The molecule has 0 aliphatic carbocycles. The Kier molecular flexibility index (Phi) is 3.45. The highest BCUT2D eigenvalue weighted by molar-refractivity contribution is 7.88. The van der Waals surface area contributed by atoms with Crippen molar-refractivity contribution in [3.8, 4) is 0 Å². The van der Waals surface area contributed by atoms with Crippen LogP contribution in [0.3, 0.4) is 0 Å². The van der Waals surface area contributed by atoms with Crippen LogP contribution in [0.1, 0.15) is 39.0 Å². The maximum atomic E-state index is 11.7. The molecule has 2 saturated heterocycles. The quantitative estimate of drug-likeness (QED) is 0.802. The summed E-state index contributed by atoms with van der Waals surface area (Å²) in [6, 6.07) is 0.328. The van der Waals surface area contributed by atoms with Gasteiger partial charge in [0.25, 0.3) is 0 Å². The number of hydrogen-bond acceptors (Lipinski definition) is 3. The van der Waals surface area contributed by atoms with Crippen molar-refractivity contribution >= 4 is 15.9 Å². The summed E-state index contributed by atoms with van der Waals surface area (Å²) in [5.41, 5.74) is 0. The van der Waals surface area contributed by atoms with E-state index in [9.17, 15) is 13.2 Å². The smallest absolute Gasteiger partial charge is 0.219 e. The Morgan fingerprint density at radius 3 is 2.24 bits per heavy atom. The van der Waals surface area contributed by atoms with Crippen LogP contribution in [-0.4, -0.2) is 43.0 Å². The lowest BCUT2D eigenvalue weighted by Gasteiger charge is -2.37. The molecule has 1 N–H and O–H groups in total. The fraction of sp³-hybridized carbons (Fsp3) is 0.909. The molecule has 0 aromatic rings. The van der Waals surface area contributed by atoms with Crippen LogP contribution in [0.25, 0.3) is 0 Å². The minimum atomic E-state index is -3.10. The van der Waals surface area contributed by atoms with Gasteiger partial charge in [-0.1, -0.05) is 6.92 Å². The number of carbonyl (C=O) groups is 1. The van der Waals surface area contributed by atoms with Gasteiger partial charge in [-0.05, 0) is 25.7 Å². The van der Waals surface area contributed by atoms with E-state index in [1.54, 1.807) is 4.31 Å². The molecule has 2 aliphatic heterocycles. The third-order valence-corrected chi connectivity index (χ3v) is 5.10. The number of nitrogens with zero attached hydrogens (tertiary/aromatic N) is 1. The Hall–Kier alpha value is -0.620. The van der Waals surface area contributed by atoms with Crippen molar-refractivity contribution < 1.29 is 13.2 Å². The molecular formula is C11H20N2O3S. The highest BCUT2D eigenvalue weighted by Gasteiger charge is 2.45. The van der Waals surface area contributed by atoms with E-state index >= 15 is 0 Å². The Balaban J connectivity index is 2.04. The number of fused-ring (bicyclic) bond motifs is 2. The van der Waals surface area contributed by atoms with Gasteiger partial charge in [0.2, 0.25) is 15.9 Å².